The number of hydrogen-bond donors (Lipinski definition) is 0. The fourth-order valence-corrected chi connectivity index (χ4v) is 4.15. The van der Waals surface area contributed by atoms with Crippen molar-refractivity contribution in [2.75, 3.05) is 31.1 Å². The average molecular weight is 459 g/mol. The van der Waals surface area contributed by atoms with Gasteiger partial charge in [0.15, 0.2) is 0 Å². The van der Waals surface area contributed by atoms with Gasteiger partial charge in [-0.25, -0.2) is 24.4 Å². The summed E-state index contributed by atoms with van der Waals surface area (Å²) in [6, 6.07) is 12.4. The van der Waals surface area contributed by atoms with Crippen molar-refractivity contribution in [1.82, 2.24) is 19.5 Å². The van der Waals surface area contributed by atoms with Crippen molar-refractivity contribution in [2.45, 2.75) is 6.73 Å². The van der Waals surface area contributed by atoms with Gasteiger partial charge in [-0.15, -0.1) is 0 Å². The molecule has 0 N–H and O–H groups in total. The fraction of sp³-hybridized carbons (Fsp3) is 0.261. The van der Waals surface area contributed by atoms with E-state index in [0.29, 0.717) is 30.3 Å². The quantitative estimate of drug-likeness (QED) is 0.266. The van der Waals surface area contributed by atoms with Crippen LogP contribution in [0.25, 0.3) is 33.7 Å². The van der Waals surface area contributed by atoms with Crippen LogP contribution < -0.4 is 0 Å². The third-order valence-electron chi connectivity index (χ3n) is 4.86. The molecule has 0 saturated heterocycles. The molecule has 0 spiro atoms. The molecular formula is C23H24ClFN4OS. The van der Waals surface area contributed by atoms with Gasteiger partial charge in [0.2, 0.25) is 0 Å². The number of nitrogens with zero attached hydrogens (tertiary/aromatic N) is 4. The Hall–Kier alpha value is -2.48. The lowest BCUT2D eigenvalue weighted by atomic mass is 10.1. The summed E-state index contributed by atoms with van der Waals surface area (Å²) in [5, 5.41) is 0.234. The van der Waals surface area contributed by atoms with Crippen LogP contribution >= 0.6 is 21.6 Å². The molecule has 4 rings (SSSR count). The second kappa shape index (κ2) is 8.94. The van der Waals surface area contributed by atoms with E-state index in [9.17, 15) is 4.39 Å². The van der Waals surface area contributed by atoms with Crippen LogP contribution in [0.3, 0.4) is 0 Å². The molecule has 0 radical (unpaired) electrons. The molecule has 3 aromatic heterocycles. The first-order valence-electron chi connectivity index (χ1n) is 9.80. The van der Waals surface area contributed by atoms with Crippen molar-refractivity contribution in [1.29, 1.82) is 0 Å². The Morgan fingerprint density at radius 1 is 1.03 bits per heavy atom. The Labute approximate surface area is 187 Å². The number of para-hydroxylation sites is 2. The molecule has 0 saturated carbocycles. The first kappa shape index (κ1) is 21.7. The van der Waals surface area contributed by atoms with Crippen LogP contribution in [0.15, 0.2) is 54.9 Å². The van der Waals surface area contributed by atoms with Gasteiger partial charge in [0.05, 0.1) is 23.2 Å². The number of halogens is 2. The van der Waals surface area contributed by atoms with E-state index in [-0.39, 0.29) is 10.8 Å². The highest BCUT2D eigenvalue weighted by Crippen LogP contribution is 2.38. The summed E-state index contributed by atoms with van der Waals surface area (Å²) in [7, 11) is -0.655. The first-order valence-corrected chi connectivity index (χ1v) is 13.2. The Kier molecular flexibility index (Phi) is 6.27. The van der Waals surface area contributed by atoms with Crippen molar-refractivity contribution >= 4 is 32.7 Å². The lowest BCUT2D eigenvalue weighted by Gasteiger charge is -2.24. The minimum absolute atomic E-state index is 0.206. The molecule has 0 aliphatic heterocycles. The third-order valence-corrected chi connectivity index (χ3v) is 6.53. The van der Waals surface area contributed by atoms with E-state index in [1.165, 1.54) is 6.07 Å². The van der Waals surface area contributed by atoms with Gasteiger partial charge in [0.25, 0.3) is 0 Å². The Morgan fingerprint density at radius 3 is 2.61 bits per heavy atom. The standard InChI is InChI=1S/C23H24ClFN4OS/c1-31(2,3)14-13-30-15-29-19-9-5-4-8-18(19)28-23(29)20-16(10-12-27-22(20)24)21-17(25)7-6-11-26-21/h4-12H,13-15H2,1-3H3. The molecule has 8 heteroatoms. The molecule has 0 fully saturated rings. The molecule has 0 atom stereocenters. The highest BCUT2D eigenvalue weighted by atomic mass is 35.5. The predicted octanol–water partition coefficient (Wildman–Crippen LogP) is 5.62. The summed E-state index contributed by atoms with van der Waals surface area (Å²) in [4.78, 5) is 13.3. The van der Waals surface area contributed by atoms with E-state index in [1.54, 1.807) is 24.5 Å². The topological polar surface area (TPSA) is 52.8 Å². The number of aromatic nitrogens is 4. The van der Waals surface area contributed by atoms with E-state index >= 15 is 0 Å². The molecular weight excluding hydrogens is 435 g/mol. The normalized spacial score (nSPS) is 12.4. The number of benzene rings is 1. The molecule has 1 aromatic carbocycles. The van der Waals surface area contributed by atoms with Crippen LogP contribution in [0, 0.1) is 5.82 Å². The van der Waals surface area contributed by atoms with Crippen molar-refractivity contribution < 1.29 is 9.13 Å². The van der Waals surface area contributed by atoms with Gasteiger partial charge in [-0.2, -0.15) is 0 Å². The van der Waals surface area contributed by atoms with Crippen molar-refractivity contribution in [3.05, 3.63) is 65.8 Å². The van der Waals surface area contributed by atoms with E-state index in [1.807, 2.05) is 28.8 Å². The van der Waals surface area contributed by atoms with Crippen LogP contribution in [-0.4, -0.2) is 50.6 Å². The van der Waals surface area contributed by atoms with Crippen LogP contribution in [0.2, 0.25) is 5.15 Å². The lowest BCUT2D eigenvalue weighted by molar-refractivity contribution is 0.0934. The van der Waals surface area contributed by atoms with E-state index < -0.39 is 15.8 Å². The molecule has 5 nitrogen and oxygen atoms in total. The van der Waals surface area contributed by atoms with E-state index in [0.717, 1.165) is 16.8 Å². The smallest absolute Gasteiger partial charge is 0.149 e. The van der Waals surface area contributed by atoms with Crippen molar-refractivity contribution in [3.8, 4) is 22.6 Å². The van der Waals surface area contributed by atoms with Crippen LogP contribution in [0.5, 0.6) is 0 Å². The first-order chi connectivity index (χ1) is 14.8. The molecule has 31 heavy (non-hydrogen) atoms. The zero-order chi connectivity index (χ0) is 22.0. The number of imidazole rings is 1. The van der Waals surface area contributed by atoms with Gasteiger partial charge in [0, 0.05) is 23.7 Å². The second-order valence-electron chi connectivity index (χ2n) is 8.04. The number of ether oxygens (including phenoxy) is 1. The molecule has 3 heterocycles. The lowest BCUT2D eigenvalue weighted by Crippen LogP contribution is -2.11. The zero-order valence-corrected chi connectivity index (χ0v) is 19.3. The fourth-order valence-electron chi connectivity index (χ4n) is 3.29. The monoisotopic (exact) mass is 458 g/mol. The highest BCUT2D eigenvalue weighted by Gasteiger charge is 2.22. The average Bonchev–Trinajstić information content (AvgIpc) is 3.09. The Morgan fingerprint density at radius 2 is 1.84 bits per heavy atom. The number of fused-ring (bicyclic) bond motifs is 1. The maximum atomic E-state index is 14.6. The van der Waals surface area contributed by atoms with Gasteiger partial charge in [-0.3, -0.25) is 9.55 Å². The third kappa shape index (κ3) is 4.74. The van der Waals surface area contributed by atoms with Crippen LogP contribution in [0.4, 0.5) is 4.39 Å². The molecule has 0 bridgehead atoms. The molecule has 0 aliphatic rings. The minimum atomic E-state index is -0.655. The summed E-state index contributed by atoms with van der Waals surface area (Å²) in [6.45, 7) is 0.952. The van der Waals surface area contributed by atoms with Gasteiger partial charge in [-0.05, 0) is 49.1 Å². The van der Waals surface area contributed by atoms with E-state index in [2.05, 4.69) is 28.7 Å². The van der Waals surface area contributed by atoms with Crippen molar-refractivity contribution in [2.24, 2.45) is 0 Å². The summed E-state index contributed by atoms with van der Waals surface area (Å²) in [5.41, 5.74) is 2.98. The van der Waals surface area contributed by atoms with Crippen molar-refractivity contribution in [3.63, 3.8) is 0 Å². The van der Waals surface area contributed by atoms with Crippen LogP contribution in [0.1, 0.15) is 0 Å². The second-order valence-corrected chi connectivity index (χ2v) is 13.0. The van der Waals surface area contributed by atoms with Gasteiger partial charge in [-0.1, -0.05) is 23.7 Å². The molecule has 0 aliphatic carbocycles. The number of rotatable bonds is 7. The van der Waals surface area contributed by atoms with Gasteiger partial charge in [0.1, 0.15) is 29.2 Å². The summed E-state index contributed by atoms with van der Waals surface area (Å²) < 4.78 is 22.6. The number of hydrogen-bond acceptors (Lipinski definition) is 4. The predicted molar refractivity (Wildman–Crippen MR) is 127 cm³/mol. The molecule has 0 amide bonds. The Balaban J connectivity index is 1.83. The molecule has 0 unspecified atom stereocenters. The number of pyridine rings is 2. The summed E-state index contributed by atoms with van der Waals surface area (Å²) in [5.74, 6) is 1.15. The highest BCUT2D eigenvalue weighted by molar-refractivity contribution is 8.32. The van der Waals surface area contributed by atoms with Gasteiger partial charge >= 0.3 is 0 Å². The summed E-state index contributed by atoms with van der Waals surface area (Å²) >= 11 is 6.53. The van der Waals surface area contributed by atoms with Gasteiger partial charge < -0.3 is 4.74 Å². The Bertz CT molecular complexity index is 1220. The minimum Gasteiger partial charge on any atom is -0.360 e. The van der Waals surface area contributed by atoms with E-state index in [4.69, 9.17) is 21.3 Å². The molecule has 4 aromatic rings. The molecule has 162 valence electrons. The largest absolute Gasteiger partial charge is 0.360 e. The zero-order valence-electron chi connectivity index (χ0n) is 17.7. The maximum Gasteiger partial charge on any atom is 0.149 e. The SMILES string of the molecule is CS(C)(C)CCOCn1c(-c2c(-c3ncccc3F)ccnc2Cl)nc2ccccc21. The maximum absolute atomic E-state index is 14.6. The van der Waals surface area contributed by atoms with Crippen LogP contribution in [-0.2, 0) is 11.5 Å². The summed E-state index contributed by atoms with van der Waals surface area (Å²) in [6.07, 6.45) is 9.88.